The van der Waals surface area contributed by atoms with Crippen molar-refractivity contribution in [3.05, 3.63) is 96.1 Å². The van der Waals surface area contributed by atoms with Crippen LogP contribution in [0.25, 0.3) is 11.3 Å². The van der Waals surface area contributed by atoms with Gasteiger partial charge in [-0.2, -0.15) is 0 Å². The molecule has 0 fully saturated rings. The third kappa shape index (κ3) is 5.46. The number of nitrogens with zero attached hydrogens (tertiary/aromatic N) is 2. The monoisotopic (exact) mass is 441 g/mol. The maximum absolute atomic E-state index is 12.6. The second-order valence-corrected chi connectivity index (χ2v) is 7.11. The summed E-state index contributed by atoms with van der Waals surface area (Å²) in [5, 5.41) is 11.3. The van der Waals surface area contributed by atoms with E-state index in [9.17, 15) is 4.79 Å². The van der Waals surface area contributed by atoms with E-state index in [1.54, 1.807) is 32.4 Å². The average molecular weight is 441 g/mol. The molecule has 0 aliphatic heterocycles. The molecular weight excluding hydrogens is 418 g/mol. The Balaban J connectivity index is 1.39. The van der Waals surface area contributed by atoms with Gasteiger partial charge in [0.25, 0.3) is 5.91 Å². The fraction of sp³-hybridized carbons (Fsp3) is 0.115. The van der Waals surface area contributed by atoms with E-state index in [4.69, 9.17) is 14.2 Å². The SMILES string of the molecule is COc1ccc(OC)c(CNC(=O)c2ccc(-c3ccc(Oc4ccccc4)nn3)cc2)c1. The van der Waals surface area contributed by atoms with Crippen LogP contribution in [0.1, 0.15) is 15.9 Å². The highest BCUT2D eigenvalue weighted by molar-refractivity contribution is 5.94. The summed E-state index contributed by atoms with van der Waals surface area (Å²) in [6.07, 6.45) is 0. The van der Waals surface area contributed by atoms with E-state index >= 15 is 0 Å². The molecule has 1 N–H and O–H groups in total. The van der Waals surface area contributed by atoms with E-state index in [1.807, 2.05) is 66.7 Å². The second kappa shape index (κ2) is 10.3. The van der Waals surface area contributed by atoms with Crippen molar-refractivity contribution in [2.24, 2.45) is 0 Å². The van der Waals surface area contributed by atoms with Gasteiger partial charge in [0.15, 0.2) is 0 Å². The lowest BCUT2D eigenvalue weighted by molar-refractivity contribution is 0.0950. The zero-order valence-corrected chi connectivity index (χ0v) is 18.3. The van der Waals surface area contributed by atoms with Crippen LogP contribution in [0.3, 0.4) is 0 Å². The van der Waals surface area contributed by atoms with Gasteiger partial charge >= 0.3 is 0 Å². The molecule has 7 heteroatoms. The van der Waals surface area contributed by atoms with Crippen molar-refractivity contribution < 1.29 is 19.0 Å². The van der Waals surface area contributed by atoms with E-state index in [2.05, 4.69) is 15.5 Å². The van der Waals surface area contributed by atoms with Gasteiger partial charge in [0.1, 0.15) is 17.2 Å². The van der Waals surface area contributed by atoms with Crippen molar-refractivity contribution in [3.8, 4) is 34.4 Å². The smallest absolute Gasteiger partial charge is 0.251 e. The number of para-hydroxylation sites is 1. The van der Waals surface area contributed by atoms with Gasteiger partial charge in [-0.15, -0.1) is 10.2 Å². The number of aromatic nitrogens is 2. The lowest BCUT2D eigenvalue weighted by Gasteiger charge is -2.11. The summed E-state index contributed by atoms with van der Waals surface area (Å²) in [4.78, 5) is 12.6. The van der Waals surface area contributed by atoms with Crippen LogP contribution in [0.5, 0.6) is 23.1 Å². The highest BCUT2D eigenvalue weighted by Crippen LogP contribution is 2.24. The molecule has 33 heavy (non-hydrogen) atoms. The molecule has 1 amide bonds. The first-order chi connectivity index (χ1) is 16.2. The highest BCUT2D eigenvalue weighted by Gasteiger charge is 2.10. The Kier molecular flexibility index (Phi) is 6.80. The molecule has 0 saturated carbocycles. The zero-order chi connectivity index (χ0) is 23.0. The van der Waals surface area contributed by atoms with Crippen LogP contribution in [0.15, 0.2) is 84.9 Å². The summed E-state index contributed by atoms with van der Waals surface area (Å²) in [5.41, 5.74) is 2.90. The number of carbonyl (C=O) groups is 1. The molecule has 0 unspecified atom stereocenters. The Morgan fingerprint density at radius 3 is 2.27 bits per heavy atom. The van der Waals surface area contributed by atoms with Gasteiger partial charge in [0.05, 0.1) is 19.9 Å². The van der Waals surface area contributed by atoms with Gasteiger partial charge in [0.2, 0.25) is 5.88 Å². The van der Waals surface area contributed by atoms with Crippen LogP contribution in [-0.4, -0.2) is 30.3 Å². The molecule has 4 rings (SSSR count). The molecule has 0 spiro atoms. The fourth-order valence-electron chi connectivity index (χ4n) is 3.23. The Morgan fingerprint density at radius 1 is 0.818 bits per heavy atom. The third-order valence-corrected chi connectivity index (χ3v) is 4.98. The molecule has 0 aliphatic carbocycles. The standard InChI is InChI=1S/C26H23N3O4/c1-31-22-12-14-24(32-2)20(16-22)17-27-26(30)19-10-8-18(9-11-19)23-13-15-25(29-28-23)33-21-6-4-3-5-7-21/h3-16H,17H2,1-2H3,(H,27,30). The largest absolute Gasteiger partial charge is 0.497 e. The summed E-state index contributed by atoms with van der Waals surface area (Å²) in [6, 6.07) is 25.6. The minimum Gasteiger partial charge on any atom is -0.497 e. The summed E-state index contributed by atoms with van der Waals surface area (Å²) in [5.74, 6) is 2.30. The number of nitrogens with one attached hydrogen (secondary N) is 1. The topological polar surface area (TPSA) is 82.6 Å². The molecule has 0 atom stereocenters. The Bertz CT molecular complexity index is 1210. The van der Waals surface area contributed by atoms with Crippen LogP contribution in [0.2, 0.25) is 0 Å². The number of ether oxygens (including phenoxy) is 3. The predicted octanol–water partition coefficient (Wildman–Crippen LogP) is 4.88. The second-order valence-electron chi connectivity index (χ2n) is 7.11. The highest BCUT2D eigenvalue weighted by atomic mass is 16.5. The summed E-state index contributed by atoms with van der Waals surface area (Å²) < 4.78 is 16.3. The van der Waals surface area contributed by atoms with Crippen molar-refractivity contribution in [1.82, 2.24) is 15.5 Å². The van der Waals surface area contributed by atoms with Gasteiger partial charge in [0, 0.05) is 29.3 Å². The number of benzene rings is 3. The first-order valence-corrected chi connectivity index (χ1v) is 10.3. The third-order valence-electron chi connectivity index (χ3n) is 4.98. The maximum atomic E-state index is 12.6. The van der Waals surface area contributed by atoms with Crippen LogP contribution in [0.4, 0.5) is 0 Å². The minimum absolute atomic E-state index is 0.191. The first-order valence-electron chi connectivity index (χ1n) is 10.3. The van der Waals surface area contributed by atoms with Crippen LogP contribution < -0.4 is 19.5 Å². The molecule has 0 radical (unpaired) electrons. The molecule has 0 saturated heterocycles. The average Bonchev–Trinajstić information content (AvgIpc) is 2.88. The minimum atomic E-state index is -0.191. The number of methoxy groups -OCH3 is 2. The quantitative estimate of drug-likeness (QED) is 0.420. The molecule has 7 nitrogen and oxygen atoms in total. The number of amides is 1. The van der Waals surface area contributed by atoms with Gasteiger partial charge in [-0.1, -0.05) is 30.3 Å². The van der Waals surface area contributed by atoms with E-state index in [-0.39, 0.29) is 5.91 Å². The van der Waals surface area contributed by atoms with Crippen LogP contribution in [0, 0.1) is 0 Å². The molecule has 1 heterocycles. The van der Waals surface area contributed by atoms with Crippen molar-refractivity contribution in [2.45, 2.75) is 6.54 Å². The van der Waals surface area contributed by atoms with E-state index in [0.717, 1.165) is 11.1 Å². The molecule has 3 aromatic carbocycles. The number of carbonyl (C=O) groups excluding carboxylic acids is 1. The van der Waals surface area contributed by atoms with Crippen LogP contribution in [-0.2, 0) is 6.54 Å². The van der Waals surface area contributed by atoms with E-state index in [1.165, 1.54) is 0 Å². The number of hydrogen-bond donors (Lipinski definition) is 1. The molecular formula is C26H23N3O4. The van der Waals surface area contributed by atoms with Crippen molar-refractivity contribution in [1.29, 1.82) is 0 Å². The van der Waals surface area contributed by atoms with Gasteiger partial charge < -0.3 is 19.5 Å². The van der Waals surface area contributed by atoms with Gasteiger partial charge in [-0.3, -0.25) is 4.79 Å². The Labute approximate surface area is 192 Å². The number of hydrogen-bond acceptors (Lipinski definition) is 6. The Morgan fingerprint density at radius 2 is 1.61 bits per heavy atom. The van der Waals surface area contributed by atoms with Crippen molar-refractivity contribution in [3.63, 3.8) is 0 Å². The maximum Gasteiger partial charge on any atom is 0.251 e. The predicted molar refractivity (Wildman–Crippen MR) is 125 cm³/mol. The van der Waals surface area contributed by atoms with E-state index in [0.29, 0.717) is 40.9 Å². The fourth-order valence-corrected chi connectivity index (χ4v) is 3.23. The van der Waals surface area contributed by atoms with Gasteiger partial charge in [-0.05, 0) is 48.5 Å². The van der Waals surface area contributed by atoms with Gasteiger partial charge in [-0.25, -0.2) is 0 Å². The normalized spacial score (nSPS) is 10.4. The summed E-state index contributed by atoms with van der Waals surface area (Å²) in [6.45, 7) is 0.315. The summed E-state index contributed by atoms with van der Waals surface area (Å²) in [7, 11) is 3.19. The summed E-state index contributed by atoms with van der Waals surface area (Å²) >= 11 is 0. The molecule has 0 aliphatic rings. The van der Waals surface area contributed by atoms with Crippen molar-refractivity contribution >= 4 is 5.91 Å². The van der Waals surface area contributed by atoms with Crippen LogP contribution >= 0.6 is 0 Å². The van der Waals surface area contributed by atoms with Crippen molar-refractivity contribution in [2.75, 3.05) is 14.2 Å². The lowest BCUT2D eigenvalue weighted by Crippen LogP contribution is -2.23. The number of rotatable bonds is 8. The molecule has 0 bridgehead atoms. The zero-order valence-electron chi connectivity index (χ0n) is 18.3. The lowest BCUT2D eigenvalue weighted by atomic mass is 10.1. The first kappa shape index (κ1) is 21.8. The molecule has 4 aromatic rings. The molecule has 166 valence electrons. The Hall–Kier alpha value is -4.39. The molecule has 1 aromatic heterocycles. The van der Waals surface area contributed by atoms with E-state index < -0.39 is 0 Å².